The first kappa shape index (κ1) is 14.2. The van der Waals surface area contributed by atoms with E-state index in [0.29, 0.717) is 0 Å². The van der Waals surface area contributed by atoms with Gasteiger partial charge in [-0.3, -0.25) is 0 Å². The van der Waals surface area contributed by atoms with Crippen LogP contribution in [-0.4, -0.2) is 38.4 Å². The maximum Gasteiger partial charge on any atom is 0.0675 e. The molecular weight excluding hydrogens is 222 g/mol. The summed E-state index contributed by atoms with van der Waals surface area (Å²) >= 11 is 0. The highest BCUT2D eigenvalue weighted by Crippen LogP contribution is 2.17. The fourth-order valence-corrected chi connectivity index (χ4v) is 1.04. The fourth-order valence-electron chi connectivity index (χ4n) is 1.04. The van der Waals surface area contributed by atoms with Crippen LogP contribution in [0.25, 0.3) is 5.43 Å². The average molecular weight is 243 g/mol. The van der Waals surface area contributed by atoms with Crippen LogP contribution in [0.5, 0.6) is 0 Å². The molecule has 0 fully saturated rings. The molecule has 0 saturated heterocycles. The second kappa shape index (κ2) is 6.77. The van der Waals surface area contributed by atoms with Crippen LogP contribution in [0.3, 0.4) is 0 Å². The smallest absolute Gasteiger partial charge is 0.0675 e. The summed E-state index contributed by atoms with van der Waals surface area (Å²) in [7, 11) is 8.50. The van der Waals surface area contributed by atoms with Gasteiger partial charge in [0.2, 0.25) is 0 Å². The van der Waals surface area contributed by atoms with Crippen LogP contribution in [0.1, 0.15) is 0 Å². The van der Waals surface area contributed by atoms with Gasteiger partial charge in [-0.05, 0) is 12.2 Å². The summed E-state index contributed by atoms with van der Waals surface area (Å²) in [5, 5.41) is 4.06. The Balaban J connectivity index is 0.000000280. The first-order valence-electron chi connectivity index (χ1n) is 5.92. The molecule has 0 saturated carbocycles. The molecule has 3 heteroatoms. The van der Waals surface area contributed by atoms with E-state index in [1.165, 1.54) is 0 Å². The topological polar surface area (TPSA) is 26.5 Å². The molecule has 2 rings (SSSR count). The molecule has 0 spiro atoms. The van der Waals surface area contributed by atoms with Crippen molar-refractivity contribution in [3.05, 3.63) is 60.1 Å². The van der Waals surface area contributed by atoms with E-state index in [0.717, 1.165) is 15.9 Å². The minimum Gasteiger partial charge on any atom is -0.575 e. The van der Waals surface area contributed by atoms with E-state index >= 15 is 0 Å². The van der Waals surface area contributed by atoms with Gasteiger partial charge in [-0.25, -0.2) is 0 Å². The van der Waals surface area contributed by atoms with E-state index in [4.69, 9.17) is 0 Å². The van der Waals surface area contributed by atoms with E-state index in [1.807, 2.05) is 54.6 Å². The number of benzene rings is 1. The fraction of sp³-hybridized carbons (Fsp3) is 0.267. The Labute approximate surface area is 110 Å². The molecule has 0 atom stereocenters. The van der Waals surface area contributed by atoms with Gasteiger partial charge in [0.25, 0.3) is 0 Å². The SMILES string of the molecule is C1=CC(=N[N-]c2ccccc2)C=C1.C[N+](C)(C)C. The highest BCUT2D eigenvalue weighted by Gasteiger charge is 1.88. The predicted octanol–water partition coefficient (Wildman–Crippen LogP) is 3.50. The van der Waals surface area contributed by atoms with Crippen LogP contribution in [0.4, 0.5) is 5.69 Å². The lowest BCUT2D eigenvalue weighted by molar-refractivity contribution is -0.849. The lowest BCUT2D eigenvalue weighted by Crippen LogP contribution is -2.27. The Morgan fingerprint density at radius 3 is 1.89 bits per heavy atom. The van der Waals surface area contributed by atoms with Crippen molar-refractivity contribution in [2.75, 3.05) is 28.2 Å². The van der Waals surface area contributed by atoms with E-state index in [-0.39, 0.29) is 0 Å². The highest BCUT2D eigenvalue weighted by atomic mass is 15.3. The molecule has 0 N–H and O–H groups in total. The van der Waals surface area contributed by atoms with Crippen molar-refractivity contribution in [1.82, 2.24) is 0 Å². The lowest BCUT2D eigenvalue weighted by atomic mass is 10.3. The number of hydrogen-bond donors (Lipinski definition) is 0. The van der Waals surface area contributed by atoms with Crippen LogP contribution in [-0.2, 0) is 0 Å². The number of quaternary nitrogens is 1. The number of nitrogens with zero attached hydrogens (tertiary/aromatic N) is 3. The summed E-state index contributed by atoms with van der Waals surface area (Å²) in [5.41, 5.74) is 5.84. The standard InChI is InChI=1S/C11H9N2.C4H12N/c1-2-6-10(7-3-1)12-13-11-8-4-5-9-11;1-5(2,3)4/h1-9H;1-4H3/q-1;+1. The van der Waals surface area contributed by atoms with Gasteiger partial charge in [0.15, 0.2) is 0 Å². The summed E-state index contributed by atoms with van der Waals surface area (Å²) in [5.74, 6) is 0. The Morgan fingerprint density at radius 2 is 1.39 bits per heavy atom. The third-order valence-corrected chi connectivity index (χ3v) is 1.68. The molecular formula is C15H21N3. The van der Waals surface area contributed by atoms with Gasteiger partial charge in [-0.1, -0.05) is 42.5 Å². The molecule has 1 aromatic rings. The minimum absolute atomic E-state index is 0.878. The zero-order valence-electron chi connectivity index (χ0n) is 11.5. The van der Waals surface area contributed by atoms with Crippen molar-refractivity contribution in [2.45, 2.75) is 0 Å². The zero-order chi connectivity index (χ0) is 13.4. The average Bonchev–Trinajstić information content (AvgIpc) is 2.78. The lowest BCUT2D eigenvalue weighted by Gasteiger charge is -2.15. The van der Waals surface area contributed by atoms with Gasteiger partial charge in [0.05, 0.1) is 28.2 Å². The zero-order valence-corrected chi connectivity index (χ0v) is 11.5. The number of hydrogen-bond acceptors (Lipinski definition) is 1. The van der Waals surface area contributed by atoms with Crippen LogP contribution >= 0.6 is 0 Å². The minimum atomic E-state index is 0.878. The summed E-state index contributed by atoms with van der Waals surface area (Å²) in [4.78, 5) is 0. The largest absolute Gasteiger partial charge is 0.575 e. The van der Waals surface area contributed by atoms with Gasteiger partial charge in [-0.2, -0.15) is 0 Å². The first-order valence-corrected chi connectivity index (χ1v) is 5.92. The van der Waals surface area contributed by atoms with Gasteiger partial charge in [-0.15, -0.1) is 5.69 Å². The van der Waals surface area contributed by atoms with Crippen LogP contribution in [0.15, 0.2) is 59.7 Å². The third-order valence-electron chi connectivity index (χ3n) is 1.68. The van der Waals surface area contributed by atoms with Gasteiger partial charge in [0, 0.05) is 5.71 Å². The highest BCUT2D eigenvalue weighted by molar-refractivity contribution is 6.07. The van der Waals surface area contributed by atoms with E-state index in [2.05, 4.69) is 38.7 Å². The molecule has 1 aliphatic rings. The van der Waals surface area contributed by atoms with Crippen molar-refractivity contribution in [2.24, 2.45) is 5.10 Å². The quantitative estimate of drug-likeness (QED) is 0.561. The Hall–Kier alpha value is -1.87. The van der Waals surface area contributed by atoms with E-state index in [9.17, 15) is 0 Å². The summed E-state index contributed by atoms with van der Waals surface area (Å²) in [6.45, 7) is 0. The van der Waals surface area contributed by atoms with Crippen molar-refractivity contribution < 1.29 is 4.48 Å². The molecule has 3 nitrogen and oxygen atoms in total. The second-order valence-electron chi connectivity index (χ2n) is 5.36. The molecule has 0 aliphatic heterocycles. The van der Waals surface area contributed by atoms with Gasteiger partial charge < -0.3 is 15.0 Å². The molecule has 18 heavy (non-hydrogen) atoms. The van der Waals surface area contributed by atoms with Crippen molar-refractivity contribution in [3.63, 3.8) is 0 Å². The van der Waals surface area contributed by atoms with Crippen molar-refractivity contribution in [1.29, 1.82) is 0 Å². The van der Waals surface area contributed by atoms with Crippen LogP contribution in [0, 0.1) is 0 Å². The number of allylic oxidation sites excluding steroid dienone is 4. The molecule has 0 unspecified atom stereocenters. The summed E-state index contributed by atoms with van der Waals surface area (Å²) in [6, 6.07) is 9.69. The Bertz CT molecular complexity index is 417. The molecule has 0 amide bonds. The molecule has 96 valence electrons. The maximum atomic E-state index is 4.07. The normalized spacial score (nSPS) is 13.0. The summed E-state index contributed by atoms with van der Waals surface area (Å²) < 4.78 is 1.00. The molecule has 1 aromatic carbocycles. The predicted molar refractivity (Wildman–Crippen MR) is 79.1 cm³/mol. The number of rotatable bonds is 2. The van der Waals surface area contributed by atoms with E-state index < -0.39 is 0 Å². The molecule has 1 aliphatic carbocycles. The van der Waals surface area contributed by atoms with Gasteiger partial charge in [0.1, 0.15) is 0 Å². The Morgan fingerprint density at radius 1 is 0.889 bits per heavy atom. The van der Waals surface area contributed by atoms with E-state index in [1.54, 1.807) is 0 Å². The molecule has 0 aromatic heterocycles. The summed E-state index contributed by atoms with van der Waals surface area (Å²) in [6.07, 6.45) is 7.73. The second-order valence-corrected chi connectivity index (χ2v) is 5.36. The van der Waals surface area contributed by atoms with Crippen molar-refractivity contribution >= 4 is 11.4 Å². The van der Waals surface area contributed by atoms with Gasteiger partial charge >= 0.3 is 0 Å². The molecule has 0 heterocycles. The molecule has 0 radical (unpaired) electrons. The van der Waals surface area contributed by atoms with Crippen LogP contribution in [0.2, 0.25) is 0 Å². The third kappa shape index (κ3) is 7.41. The van der Waals surface area contributed by atoms with Crippen molar-refractivity contribution in [3.8, 4) is 0 Å². The first-order chi connectivity index (χ1) is 8.45. The Kier molecular flexibility index (Phi) is 5.33. The maximum absolute atomic E-state index is 4.07. The van der Waals surface area contributed by atoms with Crippen LogP contribution < -0.4 is 0 Å². The molecule has 0 bridgehead atoms. The monoisotopic (exact) mass is 243 g/mol.